The molecule has 2 unspecified atom stereocenters. The molecule has 2 atom stereocenters. The molecule has 1 amide bonds. The highest BCUT2D eigenvalue weighted by atomic mass is 32.2. The van der Waals surface area contributed by atoms with E-state index in [2.05, 4.69) is 15.5 Å². The lowest BCUT2D eigenvalue weighted by Gasteiger charge is -2.32. The number of rotatable bonds is 7. The van der Waals surface area contributed by atoms with Crippen LogP contribution in [0.5, 0.6) is 0 Å². The Labute approximate surface area is 183 Å². The maximum Gasteiger partial charge on any atom is 0.251 e. The van der Waals surface area contributed by atoms with Crippen LogP contribution < -0.4 is 5.32 Å². The molecular formula is C22H30N4O4S. The summed E-state index contributed by atoms with van der Waals surface area (Å²) >= 11 is 0. The van der Waals surface area contributed by atoms with Crippen molar-refractivity contribution in [2.75, 3.05) is 6.54 Å². The van der Waals surface area contributed by atoms with Gasteiger partial charge in [0.15, 0.2) is 5.82 Å². The van der Waals surface area contributed by atoms with Gasteiger partial charge in [-0.05, 0) is 56.7 Å². The van der Waals surface area contributed by atoms with Gasteiger partial charge in [0.2, 0.25) is 15.9 Å². The number of sulfonamides is 1. The van der Waals surface area contributed by atoms with Gasteiger partial charge < -0.3 is 9.84 Å². The van der Waals surface area contributed by atoms with Crippen molar-refractivity contribution in [3.8, 4) is 0 Å². The van der Waals surface area contributed by atoms with E-state index in [1.54, 1.807) is 22.5 Å². The van der Waals surface area contributed by atoms with Gasteiger partial charge in [0.25, 0.3) is 5.91 Å². The fraction of sp³-hybridized carbons (Fsp3) is 0.591. The molecule has 2 aromatic rings. The van der Waals surface area contributed by atoms with E-state index >= 15 is 0 Å². The molecule has 2 heterocycles. The number of piperidine rings is 1. The lowest BCUT2D eigenvalue weighted by atomic mass is 10.0. The van der Waals surface area contributed by atoms with Crippen LogP contribution >= 0.6 is 0 Å². The molecule has 1 N–H and O–H groups in total. The monoisotopic (exact) mass is 446 g/mol. The van der Waals surface area contributed by atoms with E-state index in [0.29, 0.717) is 29.7 Å². The molecule has 1 aliphatic heterocycles. The number of hydrogen-bond donors (Lipinski definition) is 1. The van der Waals surface area contributed by atoms with Gasteiger partial charge in [-0.3, -0.25) is 4.79 Å². The summed E-state index contributed by atoms with van der Waals surface area (Å²) in [6.45, 7) is 6.37. The molecule has 9 heteroatoms. The van der Waals surface area contributed by atoms with Crippen LogP contribution in [0.3, 0.4) is 0 Å². The van der Waals surface area contributed by atoms with Crippen LogP contribution in [0.4, 0.5) is 0 Å². The lowest BCUT2D eigenvalue weighted by molar-refractivity contribution is 0.0913. The quantitative estimate of drug-likeness (QED) is 0.696. The smallest absolute Gasteiger partial charge is 0.251 e. The molecule has 0 radical (unpaired) electrons. The number of amides is 1. The largest absolute Gasteiger partial charge is 0.340 e. The van der Waals surface area contributed by atoms with Gasteiger partial charge in [-0.15, -0.1) is 0 Å². The van der Waals surface area contributed by atoms with E-state index in [9.17, 15) is 13.2 Å². The zero-order valence-corrected chi connectivity index (χ0v) is 19.1. The van der Waals surface area contributed by atoms with Crippen molar-refractivity contribution < 1.29 is 17.7 Å². The molecule has 0 bridgehead atoms. The SMILES string of the molecule is CC(C)C(NC(=O)c1cccc(S(=O)(=O)N2CCCCC2C)c1)c1nc(C2CC2)no1. The van der Waals surface area contributed by atoms with Gasteiger partial charge in [0.1, 0.15) is 6.04 Å². The average molecular weight is 447 g/mol. The fourth-order valence-corrected chi connectivity index (χ4v) is 5.73. The van der Waals surface area contributed by atoms with Crippen LogP contribution in [-0.2, 0) is 10.0 Å². The second kappa shape index (κ2) is 8.70. The Kier molecular flexibility index (Phi) is 6.16. The summed E-state index contributed by atoms with van der Waals surface area (Å²) in [5.41, 5.74) is 0.290. The summed E-state index contributed by atoms with van der Waals surface area (Å²) in [7, 11) is -3.65. The predicted octanol–water partition coefficient (Wildman–Crippen LogP) is 3.64. The summed E-state index contributed by atoms with van der Waals surface area (Å²) in [4.78, 5) is 17.6. The topological polar surface area (TPSA) is 105 Å². The van der Waals surface area contributed by atoms with Crippen LogP contribution in [0.25, 0.3) is 0 Å². The number of carbonyl (C=O) groups excluding carboxylic acids is 1. The Morgan fingerprint density at radius 3 is 2.68 bits per heavy atom. The minimum absolute atomic E-state index is 0.0255. The highest BCUT2D eigenvalue weighted by Gasteiger charge is 2.33. The number of hydrogen-bond acceptors (Lipinski definition) is 6. The van der Waals surface area contributed by atoms with E-state index in [-0.39, 0.29) is 22.8 Å². The zero-order chi connectivity index (χ0) is 22.2. The molecule has 31 heavy (non-hydrogen) atoms. The molecule has 168 valence electrons. The molecule has 0 spiro atoms. The third kappa shape index (κ3) is 4.67. The number of nitrogens with one attached hydrogen (secondary N) is 1. The van der Waals surface area contributed by atoms with Crippen molar-refractivity contribution >= 4 is 15.9 Å². The Bertz CT molecular complexity index is 1050. The van der Waals surface area contributed by atoms with Crippen LogP contribution in [0.15, 0.2) is 33.7 Å². The number of nitrogens with zero attached hydrogens (tertiary/aromatic N) is 3. The van der Waals surface area contributed by atoms with Crippen LogP contribution in [0, 0.1) is 5.92 Å². The second-order valence-electron chi connectivity index (χ2n) is 8.95. The molecule has 1 aromatic heterocycles. The van der Waals surface area contributed by atoms with Gasteiger partial charge in [-0.2, -0.15) is 9.29 Å². The molecule has 2 fully saturated rings. The molecule has 1 saturated carbocycles. The van der Waals surface area contributed by atoms with E-state index in [0.717, 1.165) is 32.1 Å². The van der Waals surface area contributed by atoms with Gasteiger partial charge in [0.05, 0.1) is 4.90 Å². The zero-order valence-electron chi connectivity index (χ0n) is 18.2. The average Bonchev–Trinajstić information content (AvgIpc) is 3.49. The van der Waals surface area contributed by atoms with E-state index in [4.69, 9.17) is 4.52 Å². The second-order valence-corrected chi connectivity index (χ2v) is 10.8. The van der Waals surface area contributed by atoms with Crippen molar-refractivity contribution in [1.29, 1.82) is 0 Å². The maximum absolute atomic E-state index is 13.2. The Morgan fingerprint density at radius 1 is 1.23 bits per heavy atom. The lowest BCUT2D eigenvalue weighted by Crippen LogP contribution is -2.42. The van der Waals surface area contributed by atoms with Gasteiger partial charge in [0, 0.05) is 24.1 Å². The van der Waals surface area contributed by atoms with Crippen molar-refractivity contribution in [3.05, 3.63) is 41.5 Å². The van der Waals surface area contributed by atoms with Crippen LogP contribution in [-0.4, -0.2) is 41.4 Å². The van der Waals surface area contributed by atoms with Gasteiger partial charge in [-0.1, -0.05) is 31.5 Å². The Morgan fingerprint density at radius 2 is 2.00 bits per heavy atom. The van der Waals surface area contributed by atoms with Gasteiger partial charge >= 0.3 is 0 Å². The fourth-order valence-electron chi connectivity index (χ4n) is 3.98. The van der Waals surface area contributed by atoms with E-state index in [1.807, 2.05) is 20.8 Å². The molecular weight excluding hydrogens is 416 g/mol. The summed E-state index contributed by atoms with van der Waals surface area (Å²) < 4.78 is 33.3. The number of carbonyl (C=O) groups is 1. The molecule has 8 nitrogen and oxygen atoms in total. The van der Waals surface area contributed by atoms with Crippen LogP contribution in [0.2, 0.25) is 0 Å². The molecule has 4 rings (SSSR count). The summed E-state index contributed by atoms with van der Waals surface area (Å²) in [6.07, 6.45) is 4.86. The predicted molar refractivity (Wildman–Crippen MR) is 115 cm³/mol. The highest BCUT2D eigenvalue weighted by Crippen LogP contribution is 2.38. The summed E-state index contributed by atoms with van der Waals surface area (Å²) in [5, 5.41) is 6.99. The third-order valence-corrected chi connectivity index (χ3v) is 8.07. The molecule has 2 aliphatic rings. The first-order chi connectivity index (χ1) is 14.8. The molecule has 1 saturated heterocycles. The first kappa shape index (κ1) is 22.0. The Balaban J connectivity index is 1.54. The third-order valence-electron chi connectivity index (χ3n) is 6.06. The van der Waals surface area contributed by atoms with Crippen molar-refractivity contribution in [2.45, 2.75) is 75.8 Å². The number of benzene rings is 1. The highest BCUT2D eigenvalue weighted by molar-refractivity contribution is 7.89. The molecule has 1 aromatic carbocycles. The molecule has 1 aliphatic carbocycles. The normalized spacial score (nSPS) is 21.2. The summed E-state index contributed by atoms with van der Waals surface area (Å²) in [6, 6.07) is 5.74. The van der Waals surface area contributed by atoms with Gasteiger partial charge in [-0.25, -0.2) is 8.42 Å². The maximum atomic E-state index is 13.2. The standard InChI is InChI=1S/C22H30N4O4S/c1-14(2)19(22-24-20(25-30-22)16-10-11-16)23-21(27)17-8-6-9-18(13-17)31(28,29)26-12-5-4-7-15(26)3/h6,8-9,13-16,19H,4-5,7,10-12H2,1-3H3,(H,23,27). The van der Waals surface area contributed by atoms with Crippen molar-refractivity contribution in [2.24, 2.45) is 5.92 Å². The Hall–Kier alpha value is -2.26. The van der Waals surface area contributed by atoms with Crippen LogP contribution in [0.1, 0.15) is 86.9 Å². The van der Waals surface area contributed by atoms with Crippen molar-refractivity contribution in [1.82, 2.24) is 19.8 Å². The number of aromatic nitrogens is 2. The van der Waals surface area contributed by atoms with E-state index in [1.165, 1.54) is 6.07 Å². The van der Waals surface area contributed by atoms with E-state index < -0.39 is 16.1 Å². The minimum atomic E-state index is -3.65. The summed E-state index contributed by atoms with van der Waals surface area (Å²) in [5.74, 6) is 1.10. The van der Waals surface area contributed by atoms with Crippen molar-refractivity contribution in [3.63, 3.8) is 0 Å². The first-order valence-corrected chi connectivity index (χ1v) is 12.5. The minimum Gasteiger partial charge on any atom is -0.340 e. The first-order valence-electron chi connectivity index (χ1n) is 11.0.